The Morgan fingerprint density at radius 2 is 0.917 bits per heavy atom. The molecule has 60 heavy (non-hydrogen) atoms. The van der Waals surface area contributed by atoms with Crippen molar-refractivity contribution < 1.29 is 0 Å². The van der Waals surface area contributed by atoms with Crippen LogP contribution in [0.3, 0.4) is 0 Å². The van der Waals surface area contributed by atoms with E-state index in [4.69, 9.17) is 15.0 Å². The largest absolute Gasteiger partial charge is 0.256 e. The van der Waals surface area contributed by atoms with Crippen molar-refractivity contribution >= 4 is 22.7 Å². The van der Waals surface area contributed by atoms with Gasteiger partial charge in [0.05, 0.1) is 22.3 Å². The molecule has 12 rings (SSSR count). The average molecular weight is 782 g/mol. The van der Waals surface area contributed by atoms with Gasteiger partial charge in [-0.3, -0.25) is 4.98 Å². The predicted octanol–water partition coefficient (Wildman–Crippen LogP) is 14.2. The smallest absolute Gasteiger partial charge is 0.160 e. The van der Waals surface area contributed by atoms with E-state index in [0.29, 0.717) is 5.82 Å². The van der Waals surface area contributed by atoms with Crippen LogP contribution in [0.25, 0.3) is 78.2 Å². The van der Waals surface area contributed by atoms with Gasteiger partial charge in [-0.1, -0.05) is 176 Å². The number of benzene rings is 8. The van der Waals surface area contributed by atoms with E-state index in [9.17, 15) is 0 Å². The quantitative estimate of drug-likeness (QED) is 0.174. The fourth-order valence-electron chi connectivity index (χ4n) is 9.52. The Morgan fingerprint density at radius 3 is 1.65 bits per heavy atom. The molecule has 3 heterocycles. The Morgan fingerprint density at radius 1 is 0.350 bits per heavy atom. The minimum absolute atomic E-state index is 0.499. The summed E-state index contributed by atoms with van der Waals surface area (Å²) in [4.78, 5) is 18.0. The first-order chi connectivity index (χ1) is 29.7. The highest BCUT2D eigenvalue weighted by atomic mass is 32.2. The van der Waals surface area contributed by atoms with Crippen LogP contribution >= 0.6 is 11.8 Å². The third kappa shape index (κ3) is 5.42. The molecule has 0 atom stereocenters. The molecule has 1 aliphatic heterocycles. The molecule has 3 nitrogen and oxygen atoms in total. The monoisotopic (exact) mass is 781 g/mol. The lowest BCUT2D eigenvalue weighted by Crippen LogP contribution is -2.31. The Bertz CT molecular complexity index is 3250. The molecule has 2 aliphatic rings. The van der Waals surface area contributed by atoms with E-state index in [1.54, 1.807) is 0 Å². The molecule has 0 saturated carbocycles. The molecule has 0 saturated heterocycles. The van der Waals surface area contributed by atoms with Crippen LogP contribution in [0.1, 0.15) is 22.3 Å². The second kappa shape index (κ2) is 13.9. The summed E-state index contributed by atoms with van der Waals surface area (Å²) in [7, 11) is 0. The lowest BCUT2D eigenvalue weighted by Gasteiger charge is -2.39. The van der Waals surface area contributed by atoms with Gasteiger partial charge in [0.2, 0.25) is 0 Å². The molecular formula is C56H35N3S. The summed E-state index contributed by atoms with van der Waals surface area (Å²) >= 11 is 1.87. The number of nitrogens with zero attached hydrogens (tertiary/aromatic N) is 3. The fourth-order valence-corrected chi connectivity index (χ4v) is 10.7. The maximum absolute atomic E-state index is 5.37. The second-order valence-corrected chi connectivity index (χ2v) is 16.6. The van der Waals surface area contributed by atoms with Crippen molar-refractivity contribution in [2.75, 3.05) is 0 Å². The van der Waals surface area contributed by atoms with Crippen molar-refractivity contribution in [2.45, 2.75) is 15.2 Å². The second-order valence-electron chi connectivity index (χ2n) is 15.5. The average Bonchev–Trinajstić information content (AvgIpc) is 3.61. The van der Waals surface area contributed by atoms with Gasteiger partial charge in [0.15, 0.2) is 5.82 Å². The number of hydrogen-bond donors (Lipinski definition) is 0. The van der Waals surface area contributed by atoms with Gasteiger partial charge < -0.3 is 0 Å². The van der Waals surface area contributed by atoms with Crippen LogP contribution in [-0.4, -0.2) is 15.0 Å². The van der Waals surface area contributed by atoms with Crippen LogP contribution in [0, 0.1) is 0 Å². The molecule has 0 fully saturated rings. The third-order valence-electron chi connectivity index (χ3n) is 12.2. The van der Waals surface area contributed by atoms with Crippen molar-refractivity contribution in [1.29, 1.82) is 0 Å². The lowest BCUT2D eigenvalue weighted by molar-refractivity contribution is 0.722. The summed E-state index contributed by atoms with van der Waals surface area (Å²) in [5, 5.41) is 1.13. The number of pyridine rings is 1. The predicted molar refractivity (Wildman–Crippen MR) is 246 cm³/mol. The number of fused-ring (bicyclic) bond motifs is 10. The summed E-state index contributed by atoms with van der Waals surface area (Å²) < 4.78 is 0. The van der Waals surface area contributed by atoms with Gasteiger partial charge in [0.25, 0.3) is 0 Å². The molecule has 10 aromatic rings. The molecule has 0 N–H and O–H groups in total. The van der Waals surface area contributed by atoms with E-state index >= 15 is 0 Å². The van der Waals surface area contributed by atoms with Crippen molar-refractivity contribution in [3.8, 4) is 67.3 Å². The summed E-state index contributed by atoms with van der Waals surface area (Å²) in [6, 6.07) is 74.3. The van der Waals surface area contributed by atoms with E-state index in [0.717, 1.165) is 61.2 Å². The first kappa shape index (κ1) is 34.6. The molecule has 1 spiro atoms. The molecule has 0 bridgehead atoms. The van der Waals surface area contributed by atoms with Gasteiger partial charge in [-0.05, 0) is 92.5 Å². The lowest BCUT2D eigenvalue weighted by atomic mass is 9.67. The summed E-state index contributed by atoms with van der Waals surface area (Å²) in [5.41, 5.74) is 17.5. The molecule has 0 radical (unpaired) electrons. The molecular weight excluding hydrogens is 747 g/mol. The van der Waals surface area contributed by atoms with Crippen LogP contribution in [-0.2, 0) is 5.41 Å². The maximum atomic E-state index is 5.37. The van der Waals surface area contributed by atoms with Gasteiger partial charge in [-0.25, -0.2) is 9.97 Å². The highest BCUT2D eigenvalue weighted by Gasteiger charge is 2.50. The summed E-state index contributed by atoms with van der Waals surface area (Å²) in [6.07, 6.45) is 1.89. The molecule has 1 aliphatic carbocycles. The van der Waals surface area contributed by atoms with Crippen LogP contribution in [0.2, 0.25) is 0 Å². The van der Waals surface area contributed by atoms with Crippen molar-refractivity contribution in [3.05, 3.63) is 235 Å². The molecule has 8 aromatic carbocycles. The standard InChI is InChI=1S/C56H35N3S/c1-3-14-36(15-4-1)39-19-11-20-42(32-39)55-58-50(37-16-5-2-6-17-37)35-51(59-55)41-28-30-47-45(34-41)44-33-40(43-22-12-18-38-21-13-31-57-54(38)43)27-29-46(44)56(47)48-23-7-9-25-52(48)60-53-26-10-8-24-49(53)56/h1-35H. The third-order valence-corrected chi connectivity index (χ3v) is 13.4. The zero-order chi connectivity index (χ0) is 39.6. The molecule has 4 heteroatoms. The minimum atomic E-state index is -0.499. The molecule has 0 amide bonds. The Labute approximate surface area is 353 Å². The Hall–Kier alpha value is -7.40. The number of hydrogen-bond acceptors (Lipinski definition) is 4. The first-order valence-electron chi connectivity index (χ1n) is 20.3. The van der Waals surface area contributed by atoms with Crippen LogP contribution < -0.4 is 0 Å². The number of para-hydroxylation sites is 1. The summed E-state index contributed by atoms with van der Waals surface area (Å²) in [5.74, 6) is 0.694. The first-order valence-corrected chi connectivity index (χ1v) is 21.2. The van der Waals surface area contributed by atoms with E-state index in [1.807, 2.05) is 30.1 Å². The highest BCUT2D eigenvalue weighted by molar-refractivity contribution is 7.99. The maximum Gasteiger partial charge on any atom is 0.160 e. The SMILES string of the molecule is c1ccc(-c2cccc(-c3nc(-c4ccccc4)cc(-c4ccc5c(c4)-c4cc(-c6cccc7cccnc67)ccc4C54c5ccccc5Sc5ccccc54)n3)c2)cc1. The molecule has 2 aromatic heterocycles. The van der Waals surface area contributed by atoms with Gasteiger partial charge in [-0.2, -0.15) is 0 Å². The minimum Gasteiger partial charge on any atom is -0.256 e. The van der Waals surface area contributed by atoms with E-state index in [-0.39, 0.29) is 0 Å². The van der Waals surface area contributed by atoms with Gasteiger partial charge in [-0.15, -0.1) is 0 Å². The topological polar surface area (TPSA) is 38.7 Å². The van der Waals surface area contributed by atoms with Gasteiger partial charge in [0, 0.05) is 43.6 Å². The normalized spacial score (nSPS) is 13.1. The Balaban J connectivity index is 1.10. The van der Waals surface area contributed by atoms with E-state index < -0.39 is 5.41 Å². The van der Waals surface area contributed by atoms with Crippen LogP contribution in [0.15, 0.2) is 222 Å². The van der Waals surface area contributed by atoms with E-state index in [1.165, 1.54) is 43.2 Å². The van der Waals surface area contributed by atoms with Crippen LogP contribution in [0.4, 0.5) is 0 Å². The fraction of sp³-hybridized carbons (Fsp3) is 0.0179. The molecule has 0 unspecified atom stereocenters. The van der Waals surface area contributed by atoms with Gasteiger partial charge >= 0.3 is 0 Å². The van der Waals surface area contributed by atoms with Crippen LogP contribution in [0.5, 0.6) is 0 Å². The van der Waals surface area contributed by atoms with Crippen molar-refractivity contribution in [3.63, 3.8) is 0 Å². The summed E-state index contributed by atoms with van der Waals surface area (Å²) in [6.45, 7) is 0. The van der Waals surface area contributed by atoms with Crippen molar-refractivity contribution in [2.24, 2.45) is 0 Å². The zero-order valence-electron chi connectivity index (χ0n) is 32.5. The number of aromatic nitrogens is 3. The Kier molecular flexibility index (Phi) is 8.00. The zero-order valence-corrected chi connectivity index (χ0v) is 33.3. The van der Waals surface area contributed by atoms with Crippen molar-refractivity contribution in [1.82, 2.24) is 15.0 Å². The molecule has 280 valence electrons. The number of rotatable bonds is 5. The van der Waals surface area contributed by atoms with E-state index in [2.05, 4.69) is 194 Å². The van der Waals surface area contributed by atoms with Gasteiger partial charge in [0.1, 0.15) is 0 Å². The highest BCUT2D eigenvalue weighted by Crippen LogP contribution is 2.62.